The second-order valence-electron chi connectivity index (χ2n) is 2.93. The molecular weight excluding hydrogens is 255 g/mol. The van der Waals surface area contributed by atoms with E-state index in [0.717, 1.165) is 13.2 Å². The van der Waals surface area contributed by atoms with Crippen LogP contribution in [0.5, 0.6) is 5.88 Å². The fraction of sp³-hybridized carbons (Fsp3) is 0.222. The highest BCUT2D eigenvalue weighted by Crippen LogP contribution is 2.28. The zero-order chi connectivity index (χ0) is 13.9. The first-order valence-corrected chi connectivity index (χ1v) is 4.33. The zero-order valence-corrected chi connectivity index (χ0v) is 8.91. The number of nitrogen functional groups attached to an aromatic ring is 1. The van der Waals surface area contributed by atoms with Gasteiger partial charge in [0.05, 0.1) is 12.7 Å². The normalized spacial score (nSPS) is 10.6. The molecule has 1 heterocycles. The van der Waals surface area contributed by atoms with Crippen molar-refractivity contribution >= 4 is 11.8 Å². The van der Waals surface area contributed by atoms with Crippen molar-refractivity contribution in [1.29, 1.82) is 5.26 Å². The van der Waals surface area contributed by atoms with Crippen LogP contribution < -0.4 is 10.5 Å². The highest BCUT2D eigenvalue weighted by Gasteiger charge is 2.34. The third kappa shape index (κ3) is 3.00. The van der Waals surface area contributed by atoms with Crippen LogP contribution >= 0.6 is 0 Å². The van der Waals surface area contributed by atoms with Gasteiger partial charge in [-0.2, -0.15) is 10.2 Å². The lowest BCUT2D eigenvalue weighted by Gasteiger charge is -2.11. The Hall–Kier alpha value is -2.50. The number of ether oxygens (including phenoxy) is 2. The van der Waals surface area contributed by atoms with Crippen molar-refractivity contribution in [2.24, 2.45) is 0 Å². The Morgan fingerprint density at radius 3 is 2.61 bits per heavy atom. The Labute approximate surface area is 98.7 Å². The number of pyridine rings is 1. The minimum absolute atomic E-state index is 0.409. The standard InChI is InChI=1S/C9H6F3N3O3/c1-17-8(16)4-2-6(14)15-7(5(4)3-13)18-9(10,11)12/h2H,1H3,(H2,14,15). The van der Waals surface area contributed by atoms with E-state index in [1.165, 1.54) is 6.07 Å². The summed E-state index contributed by atoms with van der Waals surface area (Å²) in [5.41, 5.74) is 4.07. The second-order valence-corrected chi connectivity index (χ2v) is 2.93. The van der Waals surface area contributed by atoms with Crippen molar-refractivity contribution in [3.05, 3.63) is 17.2 Å². The van der Waals surface area contributed by atoms with Gasteiger partial charge in [0.1, 0.15) is 17.5 Å². The minimum atomic E-state index is -5.06. The maximum absolute atomic E-state index is 12.1. The van der Waals surface area contributed by atoms with Gasteiger partial charge in [0.2, 0.25) is 5.88 Å². The molecule has 0 aliphatic heterocycles. The molecule has 0 spiro atoms. The molecule has 0 unspecified atom stereocenters. The van der Waals surface area contributed by atoms with Crippen molar-refractivity contribution in [3.8, 4) is 11.9 Å². The van der Waals surface area contributed by atoms with E-state index in [2.05, 4.69) is 14.5 Å². The number of nitriles is 1. The maximum atomic E-state index is 12.1. The quantitative estimate of drug-likeness (QED) is 0.803. The molecule has 1 rings (SSSR count). The molecule has 96 valence electrons. The van der Waals surface area contributed by atoms with E-state index in [1.54, 1.807) is 0 Å². The number of anilines is 1. The summed E-state index contributed by atoms with van der Waals surface area (Å²) in [5, 5.41) is 8.75. The van der Waals surface area contributed by atoms with Crippen molar-refractivity contribution < 1.29 is 27.4 Å². The van der Waals surface area contributed by atoms with Gasteiger partial charge in [-0.15, -0.1) is 13.2 Å². The molecule has 0 amide bonds. The fourth-order valence-electron chi connectivity index (χ4n) is 1.10. The van der Waals surface area contributed by atoms with Crippen LogP contribution in [-0.4, -0.2) is 24.4 Å². The SMILES string of the molecule is COC(=O)c1cc(N)nc(OC(F)(F)F)c1C#N. The number of alkyl halides is 3. The zero-order valence-electron chi connectivity index (χ0n) is 8.91. The van der Waals surface area contributed by atoms with Crippen molar-refractivity contribution in [1.82, 2.24) is 4.98 Å². The van der Waals surface area contributed by atoms with Crippen LogP contribution in [0.1, 0.15) is 15.9 Å². The number of nitrogens with zero attached hydrogens (tertiary/aromatic N) is 2. The number of rotatable bonds is 2. The lowest BCUT2D eigenvalue weighted by atomic mass is 10.1. The second kappa shape index (κ2) is 4.79. The molecule has 0 atom stereocenters. The molecule has 9 heteroatoms. The van der Waals surface area contributed by atoms with E-state index in [9.17, 15) is 18.0 Å². The average molecular weight is 261 g/mol. The first kappa shape index (κ1) is 13.6. The summed E-state index contributed by atoms with van der Waals surface area (Å²) in [6.45, 7) is 0. The molecule has 0 aliphatic rings. The first-order valence-electron chi connectivity index (χ1n) is 4.33. The van der Waals surface area contributed by atoms with E-state index in [1.807, 2.05) is 0 Å². The first-order chi connectivity index (χ1) is 8.28. The Morgan fingerprint density at radius 2 is 2.17 bits per heavy atom. The van der Waals surface area contributed by atoms with E-state index < -0.39 is 35.2 Å². The number of hydrogen-bond donors (Lipinski definition) is 1. The molecule has 18 heavy (non-hydrogen) atoms. The molecule has 1 aromatic rings. The molecular formula is C9H6F3N3O3. The molecule has 0 aromatic carbocycles. The van der Waals surface area contributed by atoms with Crippen LogP contribution in [0.2, 0.25) is 0 Å². The summed E-state index contributed by atoms with van der Waals surface area (Å²) in [6, 6.07) is 2.31. The lowest BCUT2D eigenvalue weighted by molar-refractivity contribution is -0.276. The van der Waals surface area contributed by atoms with Gasteiger partial charge in [0.15, 0.2) is 0 Å². The van der Waals surface area contributed by atoms with Gasteiger partial charge < -0.3 is 15.2 Å². The maximum Gasteiger partial charge on any atom is 0.574 e. The van der Waals surface area contributed by atoms with Crippen molar-refractivity contribution in [2.75, 3.05) is 12.8 Å². The van der Waals surface area contributed by atoms with Crippen LogP contribution in [0.3, 0.4) is 0 Å². The summed E-state index contributed by atoms with van der Waals surface area (Å²) in [6.07, 6.45) is -5.06. The average Bonchev–Trinajstić information content (AvgIpc) is 2.25. The Balaban J connectivity index is 3.39. The number of carbonyl (C=O) groups is 1. The molecule has 0 saturated carbocycles. The Morgan fingerprint density at radius 1 is 1.56 bits per heavy atom. The van der Waals surface area contributed by atoms with Crippen molar-refractivity contribution in [2.45, 2.75) is 6.36 Å². The van der Waals surface area contributed by atoms with Gasteiger partial charge in [0, 0.05) is 0 Å². The van der Waals surface area contributed by atoms with Gasteiger partial charge in [-0.3, -0.25) is 0 Å². The Bertz CT molecular complexity index is 522. The topological polar surface area (TPSA) is 98.2 Å². The summed E-state index contributed by atoms with van der Waals surface area (Å²) in [4.78, 5) is 14.5. The van der Waals surface area contributed by atoms with Crippen LogP contribution in [0.25, 0.3) is 0 Å². The smallest absolute Gasteiger partial charge is 0.465 e. The van der Waals surface area contributed by atoms with E-state index in [0.29, 0.717) is 0 Å². The molecule has 6 nitrogen and oxygen atoms in total. The number of methoxy groups -OCH3 is 1. The summed E-state index contributed by atoms with van der Waals surface area (Å²) in [5.74, 6) is -2.52. The third-order valence-corrected chi connectivity index (χ3v) is 1.74. The van der Waals surface area contributed by atoms with E-state index in [4.69, 9.17) is 11.0 Å². The van der Waals surface area contributed by atoms with Gasteiger partial charge in [0.25, 0.3) is 0 Å². The van der Waals surface area contributed by atoms with Crippen molar-refractivity contribution in [3.63, 3.8) is 0 Å². The fourth-order valence-corrected chi connectivity index (χ4v) is 1.10. The van der Waals surface area contributed by atoms with Crippen LogP contribution in [0.15, 0.2) is 6.07 Å². The molecule has 0 radical (unpaired) electrons. The van der Waals surface area contributed by atoms with Gasteiger partial charge in [-0.25, -0.2) is 4.79 Å². The predicted molar refractivity (Wildman–Crippen MR) is 51.4 cm³/mol. The number of aromatic nitrogens is 1. The summed E-state index contributed by atoms with van der Waals surface area (Å²) in [7, 11) is 1.00. The summed E-state index contributed by atoms with van der Waals surface area (Å²) >= 11 is 0. The minimum Gasteiger partial charge on any atom is -0.465 e. The number of halogens is 3. The van der Waals surface area contributed by atoms with Gasteiger partial charge in [-0.1, -0.05) is 0 Å². The molecule has 1 aromatic heterocycles. The monoisotopic (exact) mass is 261 g/mol. The van der Waals surface area contributed by atoms with Crippen LogP contribution in [0, 0.1) is 11.3 Å². The largest absolute Gasteiger partial charge is 0.574 e. The van der Waals surface area contributed by atoms with Crippen LogP contribution in [-0.2, 0) is 4.74 Å². The molecule has 2 N–H and O–H groups in total. The number of nitrogens with two attached hydrogens (primary N) is 1. The predicted octanol–water partition coefficient (Wildman–Crippen LogP) is 1.22. The number of hydrogen-bond acceptors (Lipinski definition) is 6. The third-order valence-electron chi connectivity index (χ3n) is 1.74. The highest BCUT2D eigenvalue weighted by atomic mass is 19.4. The van der Waals surface area contributed by atoms with Gasteiger partial charge >= 0.3 is 12.3 Å². The molecule has 0 fully saturated rings. The summed E-state index contributed by atoms with van der Waals surface area (Å²) < 4.78 is 44.1. The molecule has 0 saturated heterocycles. The Kier molecular flexibility index (Phi) is 3.61. The van der Waals surface area contributed by atoms with E-state index >= 15 is 0 Å². The number of carbonyl (C=O) groups excluding carboxylic acids is 1. The van der Waals surface area contributed by atoms with Gasteiger partial charge in [-0.05, 0) is 6.07 Å². The lowest BCUT2D eigenvalue weighted by Crippen LogP contribution is -2.20. The molecule has 0 aliphatic carbocycles. The highest BCUT2D eigenvalue weighted by molar-refractivity contribution is 5.93. The van der Waals surface area contributed by atoms with Crippen LogP contribution in [0.4, 0.5) is 19.0 Å². The molecule has 0 bridgehead atoms. The van der Waals surface area contributed by atoms with E-state index in [-0.39, 0.29) is 0 Å². The number of esters is 1.